The van der Waals surface area contributed by atoms with E-state index in [2.05, 4.69) is 20.3 Å². The van der Waals surface area contributed by atoms with Gasteiger partial charge in [0, 0.05) is 6.42 Å². The Morgan fingerprint density at radius 3 is 2.92 bits per heavy atom. The van der Waals surface area contributed by atoms with Gasteiger partial charge < -0.3 is 8.83 Å². The normalized spacial score (nSPS) is 17.2. The number of carbonyl (C=O) groups excluding carboxylic acids is 1. The quantitative estimate of drug-likeness (QED) is 0.670. The van der Waals surface area contributed by atoms with Crippen molar-refractivity contribution < 1.29 is 13.6 Å². The number of nitrogens with one attached hydrogen (secondary N) is 1. The maximum atomic E-state index is 12.7. The first-order chi connectivity index (χ1) is 12.8. The number of hydrazone groups is 1. The lowest BCUT2D eigenvalue weighted by molar-refractivity contribution is -0.130. The van der Waals surface area contributed by atoms with E-state index < -0.39 is 0 Å². The summed E-state index contributed by atoms with van der Waals surface area (Å²) in [5, 5.41) is 13.0. The van der Waals surface area contributed by atoms with Crippen molar-refractivity contribution in [1.82, 2.24) is 20.2 Å². The van der Waals surface area contributed by atoms with Crippen molar-refractivity contribution in [3.8, 4) is 0 Å². The molecule has 132 valence electrons. The SMILES string of the molecule is O=C(CSc1ncn[nH]1)N1N=C(/C=C/c2ccco2)C[C@H]1c1ccco1. The van der Waals surface area contributed by atoms with Gasteiger partial charge >= 0.3 is 0 Å². The zero-order valence-electron chi connectivity index (χ0n) is 13.6. The molecule has 1 aliphatic heterocycles. The van der Waals surface area contributed by atoms with Gasteiger partial charge in [-0.25, -0.2) is 9.99 Å². The minimum Gasteiger partial charge on any atom is -0.467 e. The fourth-order valence-corrected chi connectivity index (χ4v) is 3.22. The topological polar surface area (TPSA) is 101 Å². The fraction of sp³-hybridized carbons (Fsp3) is 0.176. The molecule has 1 atom stereocenters. The highest BCUT2D eigenvalue weighted by Gasteiger charge is 2.33. The number of hydrogen-bond acceptors (Lipinski definition) is 7. The summed E-state index contributed by atoms with van der Waals surface area (Å²) >= 11 is 1.28. The number of rotatable bonds is 6. The van der Waals surface area contributed by atoms with Crippen LogP contribution >= 0.6 is 11.8 Å². The van der Waals surface area contributed by atoms with Crippen LogP contribution in [0.3, 0.4) is 0 Å². The van der Waals surface area contributed by atoms with E-state index in [1.165, 1.54) is 23.1 Å². The molecule has 1 amide bonds. The lowest BCUT2D eigenvalue weighted by atomic mass is 10.1. The first kappa shape index (κ1) is 16.4. The largest absolute Gasteiger partial charge is 0.467 e. The number of nitrogens with zero attached hydrogens (tertiary/aromatic N) is 4. The molecule has 9 heteroatoms. The lowest BCUT2D eigenvalue weighted by Gasteiger charge is -2.19. The molecule has 3 aromatic heterocycles. The van der Waals surface area contributed by atoms with Gasteiger partial charge in [0.05, 0.1) is 24.0 Å². The van der Waals surface area contributed by atoms with Crippen LogP contribution in [0.25, 0.3) is 6.08 Å². The molecular formula is C17H15N5O3S. The molecule has 0 saturated carbocycles. The number of hydrogen-bond donors (Lipinski definition) is 1. The number of H-pyrrole nitrogens is 1. The first-order valence-corrected chi connectivity index (χ1v) is 8.91. The van der Waals surface area contributed by atoms with Crippen molar-refractivity contribution in [2.45, 2.75) is 17.6 Å². The van der Waals surface area contributed by atoms with E-state index in [1.54, 1.807) is 18.6 Å². The van der Waals surface area contributed by atoms with Crippen LogP contribution < -0.4 is 0 Å². The number of allylic oxidation sites excluding steroid dienone is 1. The smallest absolute Gasteiger partial charge is 0.253 e. The second-order valence-corrected chi connectivity index (χ2v) is 6.46. The van der Waals surface area contributed by atoms with E-state index in [1.807, 2.05) is 30.4 Å². The van der Waals surface area contributed by atoms with Crippen molar-refractivity contribution in [1.29, 1.82) is 0 Å². The Morgan fingerprint density at radius 2 is 2.19 bits per heavy atom. The highest BCUT2D eigenvalue weighted by atomic mass is 32.2. The van der Waals surface area contributed by atoms with E-state index in [-0.39, 0.29) is 17.7 Å². The van der Waals surface area contributed by atoms with Gasteiger partial charge in [-0.3, -0.25) is 9.89 Å². The van der Waals surface area contributed by atoms with Gasteiger partial charge in [0.2, 0.25) is 0 Å². The Labute approximate surface area is 153 Å². The van der Waals surface area contributed by atoms with Crippen molar-refractivity contribution in [2.24, 2.45) is 5.10 Å². The van der Waals surface area contributed by atoms with Crippen LogP contribution in [0, 0.1) is 0 Å². The number of aromatic nitrogens is 3. The maximum Gasteiger partial charge on any atom is 0.253 e. The Bertz CT molecular complexity index is 901. The van der Waals surface area contributed by atoms with Crippen LogP contribution in [0.2, 0.25) is 0 Å². The Hall–Kier alpha value is -3.07. The molecule has 0 saturated heterocycles. The average molecular weight is 369 g/mol. The van der Waals surface area contributed by atoms with Crippen molar-refractivity contribution >= 4 is 29.5 Å². The molecule has 0 radical (unpaired) electrons. The van der Waals surface area contributed by atoms with Crippen molar-refractivity contribution in [2.75, 3.05) is 5.75 Å². The summed E-state index contributed by atoms with van der Waals surface area (Å²) in [4.78, 5) is 16.7. The van der Waals surface area contributed by atoms with Crippen LogP contribution in [-0.2, 0) is 4.79 Å². The van der Waals surface area contributed by atoms with Crippen LogP contribution in [0.15, 0.2) is 68.3 Å². The van der Waals surface area contributed by atoms with E-state index in [4.69, 9.17) is 8.83 Å². The molecule has 8 nitrogen and oxygen atoms in total. The summed E-state index contributed by atoms with van der Waals surface area (Å²) in [6.45, 7) is 0. The Balaban J connectivity index is 1.50. The van der Waals surface area contributed by atoms with Crippen LogP contribution in [0.5, 0.6) is 0 Å². The summed E-state index contributed by atoms with van der Waals surface area (Å²) in [6, 6.07) is 7.07. The molecular weight excluding hydrogens is 354 g/mol. The van der Waals surface area contributed by atoms with E-state index in [0.29, 0.717) is 17.3 Å². The summed E-state index contributed by atoms with van der Waals surface area (Å²) in [6.07, 6.45) is 8.87. The highest BCUT2D eigenvalue weighted by molar-refractivity contribution is 7.99. The van der Waals surface area contributed by atoms with E-state index >= 15 is 0 Å². The minimum atomic E-state index is -0.260. The molecule has 1 N–H and O–H groups in total. The molecule has 26 heavy (non-hydrogen) atoms. The highest BCUT2D eigenvalue weighted by Crippen LogP contribution is 2.32. The van der Waals surface area contributed by atoms with Gasteiger partial charge in [0.25, 0.3) is 5.91 Å². The lowest BCUT2D eigenvalue weighted by Crippen LogP contribution is -2.28. The summed E-state index contributed by atoms with van der Waals surface area (Å²) in [5.41, 5.74) is 0.779. The van der Waals surface area contributed by atoms with Crippen molar-refractivity contribution in [3.05, 3.63) is 60.7 Å². The molecule has 0 aromatic carbocycles. The van der Waals surface area contributed by atoms with Crippen LogP contribution in [-0.4, -0.2) is 37.6 Å². The number of thioether (sulfide) groups is 1. The predicted octanol–water partition coefficient (Wildman–Crippen LogP) is 3.13. The fourth-order valence-electron chi connectivity index (χ4n) is 2.59. The second-order valence-electron chi connectivity index (χ2n) is 5.49. The van der Waals surface area contributed by atoms with Crippen LogP contribution in [0.4, 0.5) is 0 Å². The minimum absolute atomic E-state index is 0.130. The van der Waals surface area contributed by atoms with Gasteiger partial charge in [-0.15, -0.1) is 0 Å². The Kier molecular flexibility index (Phi) is 4.69. The third kappa shape index (κ3) is 3.62. The second kappa shape index (κ2) is 7.44. The Morgan fingerprint density at radius 1 is 1.31 bits per heavy atom. The average Bonchev–Trinajstić information content (AvgIpc) is 3.45. The van der Waals surface area contributed by atoms with Gasteiger partial charge in [-0.05, 0) is 36.4 Å². The molecule has 0 aliphatic carbocycles. The molecule has 1 aliphatic rings. The first-order valence-electron chi connectivity index (χ1n) is 7.92. The molecule has 0 fully saturated rings. The predicted molar refractivity (Wildman–Crippen MR) is 95.2 cm³/mol. The molecule has 0 bridgehead atoms. The summed E-state index contributed by atoms with van der Waals surface area (Å²) in [7, 11) is 0. The third-order valence-corrected chi connectivity index (χ3v) is 4.63. The molecule has 4 rings (SSSR count). The number of amides is 1. The van der Waals surface area contributed by atoms with Gasteiger partial charge in [-0.2, -0.15) is 10.2 Å². The molecule has 0 unspecified atom stereocenters. The zero-order chi connectivity index (χ0) is 17.8. The van der Waals surface area contributed by atoms with Crippen molar-refractivity contribution in [3.63, 3.8) is 0 Å². The number of carbonyl (C=O) groups is 1. The molecule has 0 spiro atoms. The third-order valence-electron chi connectivity index (χ3n) is 3.77. The van der Waals surface area contributed by atoms with E-state index in [0.717, 1.165) is 11.5 Å². The standard InChI is InChI=1S/C17H15N5O3S/c23-16(10-26-17-18-11-19-20-17)22-14(15-4-2-8-25-15)9-12(21-22)5-6-13-3-1-7-24-13/h1-8,11,14H,9-10H2,(H,18,19,20)/b6-5+/t14-/m0/s1. The molecule has 4 heterocycles. The molecule has 3 aromatic rings. The number of furan rings is 2. The zero-order valence-corrected chi connectivity index (χ0v) is 14.4. The van der Waals surface area contributed by atoms with Gasteiger partial charge in [0.1, 0.15) is 23.9 Å². The maximum absolute atomic E-state index is 12.7. The van der Waals surface area contributed by atoms with E-state index in [9.17, 15) is 4.79 Å². The summed E-state index contributed by atoms with van der Waals surface area (Å²) in [5.74, 6) is 1.50. The number of aromatic amines is 1. The van der Waals surface area contributed by atoms with Gasteiger partial charge in [0.15, 0.2) is 5.16 Å². The monoisotopic (exact) mass is 369 g/mol. The van der Waals surface area contributed by atoms with Gasteiger partial charge in [-0.1, -0.05) is 11.8 Å². The summed E-state index contributed by atoms with van der Waals surface area (Å²) < 4.78 is 10.8. The van der Waals surface area contributed by atoms with Crippen LogP contribution in [0.1, 0.15) is 24.0 Å².